The van der Waals surface area contributed by atoms with Crippen LogP contribution < -0.4 is 15.8 Å². The molecule has 0 saturated carbocycles. The van der Waals surface area contributed by atoms with Gasteiger partial charge in [0.05, 0.1) is 6.54 Å². The molecule has 0 aromatic heterocycles. The number of aliphatic imine (C=N–C) groups is 1. The van der Waals surface area contributed by atoms with Gasteiger partial charge in [-0.05, 0) is 38.0 Å². The number of nitrogens with two attached hydrogens (primary N) is 1. The van der Waals surface area contributed by atoms with E-state index in [9.17, 15) is 0 Å². The van der Waals surface area contributed by atoms with Gasteiger partial charge in [0.15, 0.2) is 5.96 Å². The molecule has 0 amide bonds. The molecule has 2 aromatic rings. The van der Waals surface area contributed by atoms with Gasteiger partial charge in [-0.25, -0.2) is 4.99 Å². The Morgan fingerprint density at radius 2 is 1.83 bits per heavy atom. The van der Waals surface area contributed by atoms with Gasteiger partial charge < -0.3 is 15.8 Å². The molecule has 0 bridgehead atoms. The molecule has 0 radical (unpaired) electrons. The predicted octanol–water partition coefficient (Wildman–Crippen LogP) is 2.91. The zero-order chi connectivity index (χ0) is 16.5. The first-order chi connectivity index (χ1) is 11.1. The van der Waals surface area contributed by atoms with Crippen molar-refractivity contribution in [2.24, 2.45) is 10.7 Å². The Kier molecular flexibility index (Phi) is 6.48. The smallest absolute Gasteiger partial charge is 0.188 e. The minimum absolute atomic E-state index is 0.0211. The third kappa shape index (κ3) is 6.43. The van der Waals surface area contributed by atoms with E-state index in [-0.39, 0.29) is 6.10 Å². The first-order valence-electron chi connectivity index (χ1n) is 7.94. The standard InChI is InChI=1S/C19H25N3O/c1-15-8-10-18(11-9-15)23-16(2)14-22-19(20)21-13-12-17-6-4-3-5-7-17/h3-11,16H,12-14H2,1-2H3,(H3,20,21,22). The Bertz CT molecular complexity index is 608. The van der Waals surface area contributed by atoms with Gasteiger partial charge in [0.2, 0.25) is 0 Å². The maximum Gasteiger partial charge on any atom is 0.188 e. The van der Waals surface area contributed by atoms with Crippen LogP contribution >= 0.6 is 0 Å². The Labute approximate surface area is 138 Å². The SMILES string of the molecule is Cc1ccc(OC(C)CN=C(N)NCCc2ccccc2)cc1. The molecule has 0 spiro atoms. The molecule has 2 aromatic carbocycles. The fourth-order valence-electron chi connectivity index (χ4n) is 2.15. The first kappa shape index (κ1) is 16.9. The molecule has 0 aliphatic carbocycles. The Hall–Kier alpha value is -2.49. The highest BCUT2D eigenvalue weighted by molar-refractivity contribution is 5.77. The van der Waals surface area contributed by atoms with Crippen molar-refractivity contribution in [3.05, 3.63) is 65.7 Å². The van der Waals surface area contributed by atoms with E-state index in [2.05, 4.69) is 29.4 Å². The predicted molar refractivity (Wildman–Crippen MR) is 95.9 cm³/mol. The summed E-state index contributed by atoms with van der Waals surface area (Å²) in [5.74, 6) is 1.31. The van der Waals surface area contributed by atoms with Gasteiger partial charge in [-0.2, -0.15) is 0 Å². The number of ether oxygens (including phenoxy) is 1. The number of rotatable bonds is 7. The molecule has 0 aliphatic heterocycles. The Balaban J connectivity index is 1.70. The van der Waals surface area contributed by atoms with Crippen LogP contribution in [0.15, 0.2) is 59.6 Å². The van der Waals surface area contributed by atoms with Gasteiger partial charge in [-0.15, -0.1) is 0 Å². The topological polar surface area (TPSA) is 59.6 Å². The van der Waals surface area contributed by atoms with Crippen LogP contribution in [0.1, 0.15) is 18.1 Å². The molecule has 1 unspecified atom stereocenters. The van der Waals surface area contributed by atoms with Crippen LogP contribution in [0.5, 0.6) is 5.75 Å². The van der Waals surface area contributed by atoms with Crippen LogP contribution in [-0.2, 0) is 6.42 Å². The van der Waals surface area contributed by atoms with E-state index in [4.69, 9.17) is 10.5 Å². The number of nitrogens with zero attached hydrogens (tertiary/aromatic N) is 1. The summed E-state index contributed by atoms with van der Waals surface area (Å²) in [5, 5.41) is 3.13. The molecule has 3 N–H and O–H groups in total. The van der Waals surface area contributed by atoms with Gasteiger partial charge >= 0.3 is 0 Å². The molecule has 4 nitrogen and oxygen atoms in total. The minimum Gasteiger partial charge on any atom is -0.489 e. The Morgan fingerprint density at radius 3 is 2.52 bits per heavy atom. The van der Waals surface area contributed by atoms with Crippen molar-refractivity contribution in [2.75, 3.05) is 13.1 Å². The molecule has 23 heavy (non-hydrogen) atoms. The van der Waals surface area contributed by atoms with Crippen LogP contribution in [0.25, 0.3) is 0 Å². The first-order valence-corrected chi connectivity index (χ1v) is 7.94. The van der Waals surface area contributed by atoms with Crippen LogP contribution in [0, 0.1) is 6.92 Å². The second-order valence-corrected chi connectivity index (χ2v) is 5.63. The van der Waals surface area contributed by atoms with Gasteiger partial charge in [0.25, 0.3) is 0 Å². The van der Waals surface area contributed by atoms with Crippen LogP contribution in [0.4, 0.5) is 0 Å². The summed E-state index contributed by atoms with van der Waals surface area (Å²) in [6.07, 6.45) is 0.902. The van der Waals surface area contributed by atoms with Gasteiger partial charge in [-0.1, -0.05) is 48.0 Å². The molecular formula is C19H25N3O. The number of hydrogen-bond acceptors (Lipinski definition) is 2. The number of nitrogens with one attached hydrogen (secondary N) is 1. The van der Waals surface area contributed by atoms with Crippen molar-refractivity contribution < 1.29 is 4.74 Å². The lowest BCUT2D eigenvalue weighted by atomic mass is 10.1. The largest absolute Gasteiger partial charge is 0.489 e. The zero-order valence-corrected chi connectivity index (χ0v) is 13.8. The molecule has 0 saturated heterocycles. The van der Waals surface area contributed by atoms with E-state index >= 15 is 0 Å². The van der Waals surface area contributed by atoms with Crippen molar-refractivity contribution in [1.29, 1.82) is 0 Å². The monoisotopic (exact) mass is 311 g/mol. The average Bonchev–Trinajstić information content (AvgIpc) is 2.56. The highest BCUT2D eigenvalue weighted by Crippen LogP contribution is 2.13. The summed E-state index contributed by atoms with van der Waals surface area (Å²) < 4.78 is 5.80. The lowest BCUT2D eigenvalue weighted by Crippen LogP contribution is -2.34. The number of hydrogen-bond donors (Lipinski definition) is 2. The van der Waals surface area contributed by atoms with Crippen molar-refractivity contribution in [2.45, 2.75) is 26.4 Å². The zero-order valence-electron chi connectivity index (χ0n) is 13.8. The van der Waals surface area contributed by atoms with E-state index in [0.29, 0.717) is 12.5 Å². The molecule has 0 fully saturated rings. The van der Waals surface area contributed by atoms with Crippen LogP contribution in [-0.4, -0.2) is 25.2 Å². The van der Waals surface area contributed by atoms with Gasteiger partial charge in [0, 0.05) is 6.54 Å². The van der Waals surface area contributed by atoms with E-state index in [1.165, 1.54) is 11.1 Å². The highest BCUT2D eigenvalue weighted by atomic mass is 16.5. The summed E-state index contributed by atoms with van der Waals surface area (Å²) >= 11 is 0. The van der Waals surface area contributed by atoms with Crippen LogP contribution in [0.2, 0.25) is 0 Å². The van der Waals surface area contributed by atoms with Crippen molar-refractivity contribution in [3.8, 4) is 5.75 Å². The fourth-order valence-corrected chi connectivity index (χ4v) is 2.15. The minimum atomic E-state index is -0.0211. The summed E-state index contributed by atoms with van der Waals surface area (Å²) in [5.41, 5.74) is 8.38. The van der Waals surface area contributed by atoms with E-state index < -0.39 is 0 Å². The third-order valence-electron chi connectivity index (χ3n) is 3.44. The molecular weight excluding hydrogens is 286 g/mol. The second kappa shape index (κ2) is 8.83. The Morgan fingerprint density at radius 1 is 1.13 bits per heavy atom. The summed E-state index contributed by atoms with van der Waals surface area (Å²) in [6.45, 7) is 5.34. The van der Waals surface area contributed by atoms with Crippen molar-refractivity contribution >= 4 is 5.96 Å². The number of aryl methyl sites for hydroxylation is 1. The second-order valence-electron chi connectivity index (χ2n) is 5.63. The van der Waals surface area contributed by atoms with E-state index in [0.717, 1.165) is 18.7 Å². The molecule has 2 rings (SSSR count). The van der Waals surface area contributed by atoms with Crippen molar-refractivity contribution in [1.82, 2.24) is 5.32 Å². The van der Waals surface area contributed by atoms with Gasteiger partial charge in [-0.3, -0.25) is 0 Å². The molecule has 1 atom stereocenters. The highest BCUT2D eigenvalue weighted by Gasteiger charge is 2.03. The molecule has 4 heteroatoms. The lowest BCUT2D eigenvalue weighted by molar-refractivity contribution is 0.230. The molecule has 0 heterocycles. The fraction of sp³-hybridized carbons (Fsp3) is 0.316. The summed E-state index contributed by atoms with van der Waals surface area (Å²) in [4.78, 5) is 4.33. The summed E-state index contributed by atoms with van der Waals surface area (Å²) in [6, 6.07) is 18.3. The number of benzene rings is 2. The molecule has 0 aliphatic rings. The number of guanidine groups is 1. The van der Waals surface area contributed by atoms with Crippen LogP contribution in [0.3, 0.4) is 0 Å². The maximum absolute atomic E-state index is 5.88. The molecule has 122 valence electrons. The lowest BCUT2D eigenvalue weighted by Gasteiger charge is -2.13. The summed E-state index contributed by atoms with van der Waals surface area (Å²) in [7, 11) is 0. The van der Waals surface area contributed by atoms with Crippen molar-refractivity contribution in [3.63, 3.8) is 0 Å². The van der Waals surface area contributed by atoms with E-state index in [1.54, 1.807) is 0 Å². The maximum atomic E-state index is 5.88. The average molecular weight is 311 g/mol. The quantitative estimate of drug-likeness (QED) is 0.610. The van der Waals surface area contributed by atoms with E-state index in [1.807, 2.05) is 49.4 Å². The third-order valence-corrected chi connectivity index (χ3v) is 3.44. The van der Waals surface area contributed by atoms with Gasteiger partial charge in [0.1, 0.15) is 11.9 Å². The normalized spacial score (nSPS) is 12.7.